The zero-order valence-electron chi connectivity index (χ0n) is 22.6. The topological polar surface area (TPSA) is 98.1 Å². The standard InChI is InChI=1S/C28H36N8O2/c1-18-22-7-9-26-23-14-19(6-8-25(23)31-32-26)24-17-30-35(4)28(24)38-13-5-12-37-27(22)33-36(18)21-15-20(16-21)29-10-11-34(2)3/h6-9,14,17,20-21,29H,5,10-13,15-16H2,1-4H3,(H,31,32)/b9-7-. The van der Waals surface area contributed by atoms with Crippen LogP contribution in [0.15, 0.2) is 24.4 Å². The summed E-state index contributed by atoms with van der Waals surface area (Å²) in [6, 6.07) is 7.16. The Labute approximate surface area is 222 Å². The Morgan fingerprint density at radius 3 is 2.84 bits per heavy atom. The van der Waals surface area contributed by atoms with Gasteiger partial charge in [-0.05, 0) is 63.7 Å². The molecule has 10 nitrogen and oxygen atoms in total. The highest BCUT2D eigenvalue weighted by Gasteiger charge is 2.33. The van der Waals surface area contributed by atoms with Gasteiger partial charge in [0.1, 0.15) is 0 Å². The van der Waals surface area contributed by atoms with Crippen molar-refractivity contribution in [3.8, 4) is 22.9 Å². The van der Waals surface area contributed by atoms with E-state index < -0.39 is 0 Å². The van der Waals surface area contributed by atoms with Crippen LogP contribution in [-0.2, 0) is 7.05 Å². The van der Waals surface area contributed by atoms with Crippen LogP contribution in [0.1, 0.15) is 42.3 Å². The third-order valence-corrected chi connectivity index (χ3v) is 7.58. The van der Waals surface area contributed by atoms with Gasteiger partial charge >= 0.3 is 0 Å². The average molecular weight is 517 g/mol. The van der Waals surface area contributed by atoms with Crippen molar-refractivity contribution in [3.63, 3.8) is 0 Å². The van der Waals surface area contributed by atoms with Crippen molar-refractivity contribution in [1.82, 2.24) is 40.0 Å². The van der Waals surface area contributed by atoms with E-state index in [0.717, 1.165) is 77.2 Å². The molecule has 0 radical (unpaired) electrons. The maximum absolute atomic E-state index is 6.23. The Balaban J connectivity index is 1.30. The van der Waals surface area contributed by atoms with Crippen molar-refractivity contribution in [2.45, 2.75) is 38.3 Å². The molecule has 38 heavy (non-hydrogen) atoms. The first-order chi connectivity index (χ1) is 18.5. The van der Waals surface area contributed by atoms with Gasteiger partial charge in [0.15, 0.2) is 0 Å². The van der Waals surface area contributed by atoms with Crippen molar-refractivity contribution in [2.75, 3.05) is 40.4 Å². The molecule has 1 saturated carbocycles. The molecular formula is C28H36N8O2. The first-order valence-corrected chi connectivity index (χ1v) is 13.4. The molecule has 2 bridgehead atoms. The molecule has 0 amide bonds. The molecule has 4 heterocycles. The predicted molar refractivity (Wildman–Crippen MR) is 148 cm³/mol. The molecule has 200 valence electrons. The van der Waals surface area contributed by atoms with E-state index in [1.807, 2.05) is 19.3 Å². The molecule has 3 aromatic heterocycles. The normalized spacial score (nSPS) is 20.2. The minimum absolute atomic E-state index is 0.379. The number of aromatic amines is 1. The molecule has 0 unspecified atom stereocenters. The van der Waals surface area contributed by atoms with Gasteiger partial charge in [0.2, 0.25) is 11.8 Å². The van der Waals surface area contributed by atoms with Gasteiger partial charge in [0, 0.05) is 43.7 Å². The van der Waals surface area contributed by atoms with E-state index in [1.165, 1.54) is 0 Å². The van der Waals surface area contributed by atoms with Crippen LogP contribution in [0.25, 0.3) is 34.2 Å². The number of fused-ring (bicyclic) bond motifs is 4. The number of benzene rings is 1. The first-order valence-electron chi connectivity index (χ1n) is 13.4. The number of H-pyrrole nitrogens is 1. The van der Waals surface area contributed by atoms with Crippen LogP contribution in [0.2, 0.25) is 0 Å². The number of hydrogen-bond donors (Lipinski definition) is 2. The number of likely N-dealkylation sites (N-methyl/N-ethyl adjacent to an activating group) is 1. The van der Waals surface area contributed by atoms with E-state index in [2.05, 4.69) is 75.5 Å². The highest BCUT2D eigenvalue weighted by Crippen LogP contribution is 2.37. The second-order valence-electron chi connectivity index (χ2n) is 10.6. The summed E-state index contributed by atoms with van der Waals surface area (Å²) < 4.78 is 16.3. The molecule has 0 atom stereocenters. The quantitative estimate of drug-likeness (QED) is 0.418. The highest BCUT2D eigenvalue weighted by molar-refractivity contribution is 5.93. The molecule has 1 aliphatic carbocycles. The van der Waals surface area contributed by atoms with Gasteiger partial charge in [-0.25, -0.2) is 4.68 Å². The molecule has 2 aliphatic rings. The smallest absolute Gasteiger partial charge is 0.240 e. The lowest BCUT2D eigenvalue weighted by molar-refractivity contribution is 0.196. The molecule has 2 N–H and O–H groups in total. The van der Waals surface area contributed by atoms with Gasteiger partial charge in [-0.2, -0.15) is 10.2 Å². The zero-order valence-corrected chi connectivity index (χ0v) is 22.6. The maximum Gasteiger partial charge on any atom is 0.240 e. The lowest BCUT2D eigenvalue weighted by Gasteiger charge is -2.37. The molecule has 0 saturated heterocycles. The summed E-state index contributed by atoms with van der Waals surface area (Å²) in [5.74, 6) is 1.42. The molecule has 1 fully saturated rings. The number of aromatic nitrogens is 6. The summed E-state index contributed by atoms with van der Waals surface area (Å²) >= 11 is 0. The number of ether oxygens (including phenoxy) is 2. The lowest BCUT2D eigenvalue weighted by Crippen LogP contribution is -2.44. The van der Waals surface area contributed by atoms with Crippen LogP contribution >= 0.6 is 0 Å². The van der Waals surface area contributed by atoms with E-state index in [9.17, 15) is 0 Å². The van der Waals surface area contributed by atoms with Crippen molar-refractivity contribution < 1.29 is 9.47 Å². The van der Waals surface area contributed by atoms with Crippen LogP contribution in [0.5, 0.6) is 11.8 Å². The van der Waals surface area contributed by atoms with Gasteiger partial charge in [0.05, 0.1) is 47.8 Å². The Morgan fingerprint density at radius 2 is 2.00 bits per heavy atom. The van der Waals surface area contributed by atoms with Crippen LogP contribution in [0.3, 0.4) is 0 Å². The Morgan fingerprint density at radius 1 is 1.16 bits per heavy atom. The third-order valence-electron chi connectivity index (χ3n) is 7.58. The predicted octanol–water partition coefficient (Wildman–Crippen LogP) is 3.65. The summed E-state index contributed by atoms with van der Waals surface area (Å²) in [6.45, 7) is 5.24. The lowest BCUT2D eigenvalue weighted by atomic mass is 9.86. The average Bonchev–Trinajstić information content (AvgIpc) is 3.53. The van der Waals surface area contributed by atoms with E-state index in [4.69, 9.17) is 14.6 Å². The van der Waals surface area contributed by atoms with Crippen LogP contribution < -0.4 is 14.8 Å². The minimum atomic E-state index is 0.379. The van der Waals surface area contributed by atoms with E-state index in [-0.39, 0.29) is 0 Å². The third kappa shape index (κ3) is 4.69. The molecule has 4 aromatic rings. The van der Waals surface area contributed by atoms with Crippen LogP contribution in [-0.4, -0.2) is 81.1 Å². The number of hydrogen-bond acceptors (Lipinski definition) is 7. The first kappa shape index (κ1) is 24.7. The molecule has 6 rings (SSSR count). The molecule has 10 heteroatoms. The summed E-state index contributed by atoms with van der Waals surface area (Å²) in [4.78, 5) is 2.20. The molecular weight excluding hydrogens is 480 g/mol. The van der Waals surface area contributed by atoms with Gasteiger partial charge in [0.25, 0.3) is 0 Å². The number of nitrogens with zero attached hydrogens (tertiary/aromatic N) is 6. The number of aryl methyl sites for hydroxylation is 1. The highest BCUT2D eigenvalue weighted by atomic mass is 16.5. The summed E-state index contributed by atoms with van der Waals surface area (Å²) in [5, 5.41) is 21.8. The zero-order chi connectivity index (χ0) is 26.2. The molecule has 1 aliphatic heterocycles. The summed E-state index contributed by atoms with van der Waals surface area (Å²) in [7, 11) is 6.11. The van der Waals surface area contributed by atoms with Crippen molar-refractivity contribution in [3.05, 3.63) is 41.3 Å². The second kappa shape index (κ2) is 10.3. The monoisotopic (exact) mass is 516 g/mol. The molecule has 0 spiro atoms. The fourth-order valence-corrected chi connectivity index (χ4v) is 5.29. The van der Waals surface area contributed by atoms with Crippen molar-refractivity contribution in [2.24, 2.45) is 7.05 Å². The van der Waals surface area contributed by atoms with E-state index >= 15 is 0 Å². The summed E-state index contributed by atoms with van der Waals surface area (Å²) in [6.07, 6.45) is 8.92. The Hall–Kier alpha value is -3.63. The largest absolute Gasteiger partial charge is 0.477 e. The maximum atomic E-state index is 6.23. The Bertz CT molecular complexity index is 1460. The molecule has 1 aromatic carbocycles. The fraction of sp³-hybridized carbons (Fsp3) is 0.464. The fourth-order valence-electron chi connectivity index (χ4n) is 5.29. The minimum Gasteiger partial charge on any atom is -0.477 e. The van der Waals surface area contributed by atoms with Crippen LogP contribution in [0, 0.1) is 6.92 Å². The number of nitrogens with one attached hydrogen (secondary N) is 2. The van der Waals surface area contributed by atoms with Gasteiger partial charge in [-0.15, -0.1) is 5.10 Å². The van der Waals surface area contributed by atoms with E-state index in [1.54, 1.807) is 4.68 Å². The van der Waals surface area contributed by atoms with Crippen LogP contribution in [0.4, 0.5) is 0 Å². The number of rotatable bonds is 5. The van der Waals surface area contributed by atoms with Gasteiger partial charge < -0.3 is 19.7 Å². The van der Waals surface area contributed by atoms with Crippen molar-refractivity contribution >= 4 is 23.1 Å². The van der Waals surface area contributed by atoms with Crippen molar-refractivity contribution in [1.29, 1.82) is 0 Å². The summed E-state index contributed by atoms with van der Waals surface area (Å²) in [5.41, 5.74) is 6.00. The Kier molecular flexibility index (Phi) is 6.67. The van der Waals surface area contributed by atoms with Gasteiger partial charge in [-0.1, -0.05) is 6.07 Å². The van der Waals surface area contributed by atoms with Gasteiger partial charge in [-0.3, -0.25) is 9.78 Å². The van der Waals surface area contributed by atoms with E-state index in [0.29, 0.717) is 31.2 Å². The SMILES string of the molecule is Cc1c2c(nn1C1CC(NCCN(C)C)C1)OCCCOc1c(cnn1C)-c1ccc3n[nH]c(c3c1)/C=C\2. The second-order valence-corrected chi connectivity index (χ2v) is 10.6.